The maximum Gasteiger partial charge on any atom is 0.144 e. The van der Waals surface area contributed by atoms with Gasteiger partial charge in [-0.1, -0.05) is 37.3 Å². The van der Waals surface area contributed by atoms with E-state index in [1.807, 2.05) is 43.5 Å². The molecule has 0 saturated heterocycles. The highest BCUT2D eigenvalue weighted by Crippen LogP contribution is 2.20. The van der Waals surface area contributed by atoms with Crippen LogP contribution in [0.3, 0.4) is 0 Å². The van der Waals surface area contributed by atoms with Gasteiger partial charge in [-0.15, -0.1) is 0 Å². The molecular weight excluding hydrogens is 210 g/mol. The molecule has 2 rings (SSSR count). The molecule has 1 unspecified atom stereocenters. The third-order valence-electron chi connectivity index (χ3n) is 2.71. The highest BCUT2D eigenvalue weighted by molar-refractivity contribution is 5.76. The van der Waals surface area contributed by atoms with Crippen molar-refractivity contribution in [2.24, 2.45) is 4.99 Å². The zero-order chi connectivity index (χ0) is 12.1. The molecule has 0 spiro atoms. The average Bonchev–Trinajstić information content (AvgIpc) is 2.77. The highest BCUT2D eigenvalue weighted by atomic mass is 16.3. The van der Waals surface area contributed by atoms with Crippen molar-refractivity contribution in [1.82, 2.24) is 0 Å². The van der Waals surface area contributed by atoms with Gasteiger partial charge in [0.25, 0.3) is 0 Å². The zero-order valence-electron chi connectivity index (χ0n) is 10.3. The molecule has 0 fully saturated rings. The first kappa shape index (κ1) is 11.6. The molecule has 1 atom stereocenters. The van der Waals surface area contributed by atoms with Gasteiger partial charge in [0.15, 0.2) is 0 Å². The van der Waals surface area contributed by atoms with E-state index in [2.05, 4.69) is 24.0 Å². The maximum atomic E-state index is 5.46. The van der Waals surface area contributed by atoms with Crippen LogP contribution in [0.4, 0.5) is 0 Å². The minimum atomic E-state index is 0.210. The summed E-state index contributed by atoms with van der Waals surface area (Å²) < 4.78 is 5.46. The molecule has 88 valence electrons. The van der Waals surface area contributed by atoms with Crippen LogP contribution >= 0.6 is 0 Å². The fraction of sp³-hybridized carbons (Fsp3) is 0.267. The van der Waals surface area contributed by atoms with Gasteiger partial charge in [0.1, 0.15) is 11.5 Å². The lowest BCUT2D eigenvalue weighted by molar-refractivity contribution is 0.527. The third kappa shape index (κ3) is 3.06. The van der Waals surface area contributed by atoms with Crippen LogP contribution in [0, 0.1) is 6.92 Å². The normalized spacial score (nSPS) is 13.1. The van der Waals surface area contributed by atoms with E-state index in [0.717, 1.165) is 17.9 Å². The number of furan rings is 1. The minimum absolute atomic E-state index is 0.210. The summed E-state index contributed by atoms with van der Waals surface area (Å²) in [7, 11) is 0. The van der Waals surface area contributed by atoms with Crippen molar-refractivity contribution in [3.63, 3.8) is 0 Å². The van der Waals surface area contributed by atoms with Gasteiger partial charge in [0, 0.05) is 0 Å². The fourth-order valence-electron chi connectivity index (χ4n) is 1.79. The molecule has 17 heavy (non-hydrogen) atoms. The van der Waals surface area contributed by atoms with Crippen molar-refractivity contribution in [3.05, 3.63) is 59.5 Å². The maximum absolute atomic E-state index is 5.46. The van der Waals surface area contributed by atoms with E-state index in [1.54, 1.807) is 0 Å². The Morgan fingerprint density at radius 3 is 2.53 bits per heavy atom. The number of aliphatic imine (C=N–C) groups is 1. The van der Waals surface area contributed by atoms with Crippen molar-refractivity contribution in [2.75, 3.05) is 0 Å². The van der Waals surface area contributed by atoms with Crippen LogP contribution in [-0.2, 0) is 0 Å². The summed E-state index contributed by atoms with van der Waals surface area (Å²) >= 11 is 0. The monoisotopic (exact) mass is 227 g/mol. The second-order valence-corrected chi connectivity index (χ2v) is 4.06. The Balaban J connectivity index is 2.13. The van der Waals surface area contributed by atoms with Gasteiger partial charge in [-0.25, -0.2) is 0 Å². The highest BCUT2D eigenvalue weighted by Gasteiger charge is 2.05. The van der Waals surface area contributed by atoms with Gasteiger partial charge in [0.05, 0.1) is 12.3 Å². The lowest BCUT2D eigenvalue weighted by Crippen LogP contribution is -1.94. The van der Waals surface area contributed by atoms with Gasteiger partial charge in [-0.3, -0.25) is 4.99 Å². The standard InChI is InChI=1S/C15H17NO/c1-3-15(13-7-5-4-6-8-13)16-11-14-10-9-12(2)17-14/h4-11,15H,3H2,1-2H3. The Morgan fingerprint density at radius 1 is 1.18 bits per heavy atom. The van der Waals surface area contributed by atoms with E-state index < -0.39 is 0 Å². The molecule has 0 saturated carbocycles. The molecule has 0 N–H and O–H groups in total. The van der Waals surface area contributed by atoms with Crippen molar-refractivity contribution in [2.45, 2.75) is 26.3 Å². The van der Waals surface area contributed by atoms with E-state index in [1.165, 1.54) is 5.56 Å². The molecule has 2 nitrogen and oxygen atoms in total. The SMILES string of the molecule is CCC(N=Cc1ccc(C)o1)c1ccccc1. The molecule has 2 heteroatoms. The number of nitrogens with zero attached hydrogens (tertiary/aromatic N) is 1. The Labute approximate surface area is 102 Å². The first-order valence-corrected chi connectivity index (χ1v) is 5.94. The Morgan fingerprint density at radius 2 is 1.94 bits per heavy atom. The molecule has 0 amide bonds. The molecule has 0 radical (unpaired) electrons. The van der Waals surface area contributed by atoms with E-state index >= 15 is 0 Å². The summed E-state index contributed by atoms with van der Waals surface area (Å²) in [4.78, 5) is 4.58. The summed E-state index contributed by atoms with van der Waals surface area (Å²) in [6.07, 6.45) is 2.80. The molecule has 0 bridgehead atoms. The molecule has 0 aliphatic heterocycles. The molecular formula is C15H17NO. The molecule has 1 aromatic carbocycles. The van der Waals surface area contributed by atoms with Gasteiger partial charge in [-0.05, 0) is 31.0 Å². The molecule has 1 aromatic heterocycles. The summed E-state index contributed by atoms with van der Waals surface area (Å²) in [5.74, 6) is 1.73. The second kappa shape index (κ2) is 5.48. The minimum Gasteiger partial charge on any atom is -0.460 e. The summed E-state index contributed by atoms with van der Waals surface area (Å²) in [5, 5.41) is 0. The number of hydrogen-bond donors (Lipinski definition) is 0. The Bertz CT molecular complexity index is 485. The van der Waals surface area contributed by atoms with Crippen LogP contribution in [-0.4, -0.2) is 6.21 Å². The van der Waals surface area contributed by atoms with E-state index in [-0.39, 0.29) is 6.04 Å². The van der Waals surface area contributed by atoms with Crippen LogP contribution in [0.2, 0.25) is 0 Å². The van der Waals surface area contributed by atoms with Crippen LogP contribution in [0.15, 0.2) is 51.9 Å². The molecule has 0 aliphatic rings. The van der Waals surface area contributed by atoms with Crippen molar-refractivity contribution in [1.29, 1.82) is 0 Å². The van der Waals surface area contributed by atoms with Crippen LogP contribution in [0.25, 0.3) is 0 Å². The topological polar surface area (TPSA) is 25.5 Å². The number of hydrogen-bond acceptors (Lipinski definition) is 2. The third-order valence-corrected chi connectivity index (χ3v) is 2.71. The predicted molar refractivity (Wildman–Crippen MR) is 70.5 cm³/mol. The van der Waals surface area contributed by atoms with Gasteiger partial charge < -0.3 is 4.42 Å². The second-order valence-electron chi connectivity index (χ2n) is 4.06. The van der Waals surface area contributed by atoms with E-state index in [9.17, 15) is 0 Å². The fourth-order valence-corrected chi connectivity index (χ4v) is 1.79. The number of aryl methyl sites for hydroxylation is 1. The lowest BCUT2D eigenvalue weighted by Gasteiger charge is -2.09. The van der Waals surface area contributed by atoms with E-state index in [0.29, 0.717) is 0 Å². The van der Waals surface area contributed by atoms with Gasteiger partial charge in [-0.2, -0.15) is 0 Å². The molecule has 2 aromatic rings. The largest absolute Gasteiger partial charge is 0.460 e. The molecule has 1 heterocycles. The zero-order valence-corrected chi connectivity index (χ0v) is 10.3. The quantitative estimate of drug-likeness (QED) is 0.720. The average molecular weight is 227 g/mol. The van der Waals surface area contributed by atoms with Crippen LogP contribution < -0.4 is 0 Å². The Hall–Kier alpha value is -1.83. The number of rotatable bonds is 4. The van der Waals surface area contributed by atoms with Crippen LogP contribution in [0.5, 0.6) is 0 Å². The van der Waals surface area contributed by atoms with E-state index in [4.69, 9.17) is 4.42 Å². The predicted octanol–water partition coefficient (Wildman–Crippen LogP) is 4.16. The summed E-state index contributed by atoms with van der Waals surface area (Å²) in [5.41, 5.74) is 1.24. The Kier molecular flexibility index (Phi) is 3.76. The molecule has 0 aliphatic carbocycles. The summed E-state index contributed by atoms with van der Waals surface area (Å²) in [6.45, 7) is 4.08. The van der Waals surface area contributed by atoms with Crippen molar-refractivity contribution < 1.29 is 4.42 Å². The summed E-state index contributed by atoms with van der Waals surface area (Å²) in [6, 6.07) is 14.4. The lowest BCUT2D eigenvalue weighted by atomic mass is 10.1. The first-order valence-electron chi connectivity index (χ1n) is 5.94. The first-order chi connectivity index (χ1) is 8.29. The van der Waals surface area contributed by atoms with Crippen molar-refractivity contribution in [3.8, 4) is 0 Å². The van der Waals surface area contributed by atoms with Crippen molar-refractivity contribution >= 4 is 6.21 Å². The smallest absolute Gasteiger partial charge is 0.144 e. The van der Waals surface area contributed by atoms with Gasteiger partial charge >= 0.3 is 0 Å². The number of benzene rings is 1. The van der Waals surface area contributed by atoms with Gasteiger partial charge in [0.2, 0.25) is 0 Å². The van der Waals surface area contributed by atoms with Crippen LogP contribution in [0.1, 0.15) is 36.5 Å².